The number of H-pyrrole nitrogens is 1. The average Bonchev–Trinajstić information content (AvgIpc) is 3.16. The minimum absolute atomic E-state index is 0.461. The standard InChI is InChI=1S/C20H16N2/c1-3-7-18-13(5-1)11-16-14(9-10-20(16)22-18)17-12-21-19-8-4-2-6-15(17)19/h1-8,11-12,14,21H,9-10H2. The fourth-order valence-electron chi connectivity index (χ4n) is 3.82. The van der Waals surface area contributed by atoms with Crippen molar-refractivity contribution in [3.8, 4) is 0 Å². The molecule has 22 heavy (non-hydrogen) atoms. The number of hydrogen-bond acceptors (Lipinski definition) is 1. The summed E-state index contributed by atoms with van der Waals surface area (Å²) < 4.78 is 0. The first kappa shape index (κ1) is 12.0. The van der Waals surface area contributed by atoms with E-state index in [1.807, 2.05) is 0 Å². The molecule has 1 unspecified atom stereocenters. The number of fused-ring (bicyclic) bond motifs is 3. The van der Waals surface area contributed by atoms with Gasteiger partial charge in [-0.3, -0.25) is 4.98 Å². The first-order valence-corrected chi connectivity index (χ1v) is 7.85. The van der Waals surface area contributed by atoms with Crippen LogP contribution in [0.5, 0.6) is 0 Å². The van der Waals surface area contributed by atoms with E-state index in [1.54, 1.807) is 0 Å². The summed E-state index contributed by atoms with van der Waals surface area (Å²) in [6.45, 7) is 0. The number of benzene rings is 2. The van der Waals surface area contributed by atoms with E-state index in [2.05, 4.69) is 65.8 Å². The molecule has 2 nitrogen and oxygen atoms in total. The minimum atomic E-state index is 0.461. The molecule has 0 amide bonds. The van der Waals surface area contributed by atoms with Crippen molar-refractivity contribution in [1.82, 2.24) is 9.97 Å². The van der Waals surface area contributed by atoms with E-state index >= 15 is 0 Å². The Morgan fingerprint density at radius 2 is 1.82 bits per heavy atom. The van der Waals surface area contributed by atoms with Crippen molar-refractivity contribution >= 4 is 21.8 Å². The van der Waals surface area contributed by atoms with Gasteiger partial charge in [0, 0.05) is 34.1 Å². The van der Waals surface area contributed by atoms with Crippen LogP contribution in [0.25, 0.3) is 21.8 Å². The molecule has 2 heteroatoms. The largest absolute Gasteiger partial charge is 0.361 e. The number of hydrogen-bond donors (Lipinski definition) is 1. The molecule has 0 aliphatic heterocycles. The predicted molar refractivity (Wildman–Crippen MR) is 90.2 cm³/mol. The van der Waals surface area contributed by atoms with Gasteiger partial charge in [-0.05, 0) is 42.2 Å². The zero-order chi connectivity index (χ0) is 14.5. The van der Waals surface area contributed by atoms with E-state index in [1.165, 1.54) is 33.1 Å². The number of rotatable bonds is 1. The van der Waals surface area contributed by atoms with Crippen molar-refractivity contribution < 1.29 is 0 Å². The molecule has 1 aliphatic carbocycles. The highest BCUT2D eigenvalue weighted by molar-refractivity contribution is 5.85. The smallest absolute Gasteiger partial charge is 0.0705 e. The van der Waals surface area contributed by atoms with E-state index in [9.17, 15) is 0 Å². The summed E-state index contributed by atoms with van der Waals surface area (Å²) in [6.07, 6.45) is 4.41. The van der Waals surface area contributed by atoms with Gasteiger partial charge in [0.15, 0.2) is 0 Å². The number of aromatic nitrogens is 2. The Bertz CT molecular complexity index is 997. The highest BCUT2D eigenvalue weighted by atomic mass is 14.7. The molecule has 0 saturated carbocycles. The van der Waals surface area contributed by atoms with E-state index < -0.39 is 0 Å². The first-order chi connectivity index (χ1) is 10.9. The van der Waals surface area contributed by atoms with Crippen LogP contribution in [0, 0.1) is 0 Å². The third kappa shape index (κ3) is 1.64. The summed E-state index contributed by atoms with van der Waals surface area (Å²) in [4.78, 5) is 8.30. The maximum atomic E-state index is 4.89. The molecule has 1 aliphatic rings. The molecule has 5 rings (SSSR count). The van der Waals surface area contributed by atoms with Crippen molar-refractivity contribution in [2.75, 3.05) is 0 Å². The molecule has 0 radical (unpaired) electrons. The van der Waals surface area contributed by atoms with Gasteiger partial charge in [0.1, 0.15) is 0 Å². The molecule has 1 N–H and O–H groups in total. The Morgan fingerprint density at radius 3 is 2.82 bits per heavy atom. The van der Waals surface area contributed by atoms with Gasteiger partial charge in [0.05, 0.1) is 5.52 Å². The van der Waals surface area contributed by atoms with Gasteiger partial charge in [-0.2, -0.15) is 0 Å². The van der Waals surface area contributed by atoms with Crippen LogP contribution >= 0.6 is 0 Å². The van der Waals surface area contributed by atoms with E-state index in [-0.39, 0.29) is 0 Å². The van der Waals surface area contributed by atoms with E-state index in [0.717, 1.165) is 18.4 Å². The average molecular weight is 284 g/mol. The Labute approximate surface area is 128 Å². The predicted octanol–water partition coefficient (Wildman–Crippen LogP) is 4.79. The number of aryl methyl sites for hydroxylation is 1. The minimum Gasteiger partial charge on any atom is -0.361 e. The topological polar surface area (TPSA) is 28.7 Å². The zero-order valence-electron chi connectivity index (χ0n) is 12.2. The molecule has 2 heterocycles. The highest BCUT2D eigenvalue weighted by Gasteiger charge is 2.27. The van der Waals surface area contributed by atoms with Crippen LogP contribution in [0.4, 0.5) is 0 Å². The second kappa shape index (κ2) is 4.44. The van der Waals surface area contributed by atoms with Crippen molar-refractivity contribution in [2.24, 2.45) is 0 Å². The quantitative estimate of drug-likeness (QED) is 0.534. The van der Waals surface area contributed by atoms with Crippen molar-refractivity contribution in [3.05, 3.63) is 77.6 Å². The molecule has 2 aromatic carbocycles. The van der Waals surface area contributed by atoms with Crippen LogP contribution < -0.4 is 0 Å². The van der Waals surface area contributed by atoms with Crippen LogP contribution in [0.2, 0.25) is 0 Å². The van der Waals surface area contributed by atoms with Crippen molar-refractivity contribution in [2.45, 2.75) is 18.8 Å². The van der Waals surface area contributed by atoms with Gasteiger partial charge in [-0.15, -0.1) is 0 Å². The first-order valence-electron chi connectivity index (χ1n) is 7.85. The van der Waals surface area contributed by atoms with Gasteiger partial charge < -0.3 is 4.98 Å². The lowest BCUT2D eigenvalue weighted by molar-refractivity contribution is 0.792. The van der Waals surface area contributed by atoms with Gasteiger partial charge in [0.2, 0.25) is 0 Å². The molecule has 0 bridgehead atoms. The zero-order valence-corrected chi connectivity index (χ0v) is 12.2. The van der Waals surface area contributed by atoms with Gasteiger partial charge in [-0.1, -0.05) is 36.4 Å². The van der Waals surface area contributed by atoms with Crippen LogP contribution in [0.1, 0.15) is 29.2 Å². The molecule has 106 valence electrons. The fourth-order valence-corrected chi connectivity index (χ4v) is 3.82. The molecule has 1 atom stereocenters. The molecule has 0 spiro atoms. The summed E-state index contributed by atoms with van der Waals surface area (Å²) in [5.74, 6) is 0.461. The number of pyridine rings is 1. The molecule has 0 saturated heterocycles. The highest BCUT2D eigenvalue weighted by Crippen LogP contribution is 2.41. The Hall–Kier alpha value is -2.61. The number of aromatic amines is 1. The Kier molecular flexibility index (Phi) is 2.42. The number of para-hydroxylation sites is 2. The summed E-state index contributed by atoms with van der Waals surface area (Å²) in [7, 11) is 0. The maximum absolute atomic E-state index is 4.89. The van der Waals surface area contributed by atoms with Crippen LogP contribution in [-0.2, 0) is 6.42 Å². The summed E-state index contributed by atoms with van der Waals surface area (Å²) in [5.41, 5.74) is 6.42. The van der Waals surface area contributed by atoms with Crippen LogP contribution in [-0.4, -0.2) is 9.97 Å². The lowest BCUT2D eigenvalue weighted by Crippen LogP contribution is -1.96. The molecule has 2 aromatic heterocycles. The summed E-state index contributed by atoms with van der Waals surface area (Å²) in [6, 6.07) is 19.3. The number of nitrogens with zero attached hydrogens (tertiary/aromatic N) is 1. The SMILES string of the molecule is c1ccc2nc3c(cc2c1)C(c1c[nH]c2ccccc12)CC3. The van der Waals surface area contributed by atoms with Crippen LogP contribution in [0.15, 0.2) is 60.8 Å². The third-order valence-corrected chi connectivity index (χ3v) is 4.88. The molecular formula is C20H16N2. The lowest BCUT2D eigenvalue weighted by atomic mass is 9.93. The molecule has 4 aromatic rings. The number of nitrogens with one attached hydrogen (secondary N) is 1. The second-order valence-corrected chi connectivity index (χ2v) is 6.10. The summed E-state index contributed by atoms with van der Waals surface area (Å²) >= 11 is 0. The molecular weight excluding hydrogens is 268 g/mol. The summed E-state index contributed by atoms with van der Waals surface area (Å²) in [5, 5.41) is 2.58. The van der Waals surface area contributed by atoms with Gasteiger partial charge in [0.25, 0.3) is 0 Å². The monoisotopic (exact) mass is 284 g/mol. The Balaban J connectivity index is 1.72. The third-order valence-electron chi connectivity index (χ3n) is 4.88. The normalized spacial score (nSPS) is 17.2. The maximum Gasteiger partial charge on any atom is 0.0705 e. The Morgan fingerprint density at radius 1 is 0.955 bits per heavy atom. The van der Waals surface area contributed by atoms with Crippen LogP contribution in [0.3, 0.4) is 0 Å². The van der Waals surface area contributed by atoms with Crippen molar-refractivity contribution in [1.29, 1.82) is 0 Å². The van der Waals surface area contributed by atoms with Gasteiger partial charge >= 0.3 is 0 Å². The van der Waals surface area contributed by atoms with Crippen molar-refractivity contribution in [3.63, 3.8) is 0 Å². The lowest BCUT2D eigenvalue weighted by Gasteiger charge is -2.11. The van der Waals surface area contributed by atoms with E-state index in [4.69, 9.17) is 4.98 Å². The van der Waals surface area contributed by atoms with Gasteiger partial charge in [-0.25, -0.2) is 0 Å². The van der Waals surface area contributed by atoms with E-state index in [0.29, 0.717) is 5.92 Å². The molecule has 0 fully saturated rings. The fraction of sp³-hybridized carbons (Fsp3) is 0.150. The second-order valence-electron chi connectivity index (χ2n) is 6.10.